The third-order valence-corrected chi connectivity index (χ3v) is 4.05. The molecule has 5 nitrogen and oxygen atoms in total. The van der Waals surface area contributed by atoms with Crippen molar-refractivity contribution < 1.29 is 14.6 Å². The average Bonchev–Trinajstić information content (AvgIpc) is 2.53. The van der Waals surface area contributed by atoms with Crippen LogP contribution in [0.1, 0.15) is 23.2 Å². The second kappa shape index (κ2) is 5.69. The number of carboxylic acids is 1. The van der Waals surface area contributed by atoms with Crippen LogP contribution in [0.2, 0.25) is 0 Å². The number of hydrogen-bond donors (Lipinski definition) is 1. The lowest BCUT2D eigenvalue weighted by molar-refractivity contribution is 0.0699. The molecule has 0 radical (unpaired) electrons. The van der Waals surface area contributed by atoms with Gasteiger partial charge in [-0.3, -0.25) is 0 Å². The van der Waals surface area contributed by atoms with E-state index in [1.165, 1.54) is 0 Å². The highest BCUT2D eigenvalue weighted by Crippen LogP contribution is 2.24. The molecule has 5 heteroatoms. The number of aromatic carboxylic acids is 1. The van der Waals surface area contributed by atoms with Crippen LogP contribution < -0.4 is 4.90 Å². The lowest BCUT2D eigenvalue weighted by atomic mass is 10.1. The number of anilines is 1. The van der Waals surface area contributed by atoms with Gasteiger partial charge in [0.1, 0.15) is 5.82 Å². The molecule has 21 heavy (non-hydrogen) atoms. The minimum atomic E-state index is -0.923. The molecule has 0 unspecified atom stereocenters. The summed E-state index contributed by atoms with van der Waals surface area (Å²) in [6.45, 7) is 1.57. The SMILES string of the molecule is CN(c1ccc2c(C(=O)O)cccc2n1)C1CCOCC1. The maximum absolute atomic E-state index is 11.2. The predicted octanol–water partition coefficient (Wildman–Crippen LogP) is 2.55. The molecular weight excluding hydrogens is 268 g/mol. The molecule has 1 aromatic heterocycles. The van der Waals surface area contributed by atoms with E-state index < -0.39 is 5.97 Å². The molecule has 110 valence electrons. The molecule has 0 aliphatic carbocycles. The van der Waals surface area contributed by atoms with Crippen molar-refractivity contribution in [2.75, 3.05) is 25.2 Å². The molecule has 1 fully saturated rings. The Bertz CT molecular complexity index is 666. The maximum Gasteiger partial charge on any atom is 0.336 e. The van der Waals surface area contributed by atoms with E-state index in [4.69, 9.17) is 4.74 Å². The van der Waals surface area contributed by atoms with Crippen LogP contribution in [0.3, 0.4) is 0 Å². The monoisotopic (exact) mass is 286 g/mol. The fourth-order valence-corrected chi connectivity index (χ4v) is 2.79. The Morgan fingerprint density at radius 2 is 2.05 bits per heavy atom. The summed E-state index contributed by atoms with van der Waals surface area (Å²) in [6.07, 6.45) is 1.98. The van der Waals surface area contributed by atoms with E-state index in [9.17, 15) is 9.90 Å². The van der Waals surface area contributed by atoms with Crippen LogP contribution in [0.25, 0.3) is 10.9 Å². The van der Waals surface area contributed by atoms with Crippen LogP contribution in [-0.2, 0) is 4.74 Å². The van der Waals surface area contributed by atoms with Gasteiger partial charge in [-0.2, -0.15) is 0 Å². The topological polar surface area (TPSA) is 62.7 Å². The van der Waals surface area contributed by atoms with Crippen LogP contribution >= 0.6 is 0 Å². The van der Waals surface area contributed by atoms with Gasteiger partial charge < -0.3 is 14.7 Å². The van der Waals surface area contributed by atoms with Gasteiger partial charge in [0, 0.05) is 31.7 Å². The van der Waals surface area contributed by atoms with E-state index in [0.29, 0.717) is 22.5 Å². The van der Waals surface area contributed by atoms with Gasteiger partial charge in [-0.25, -0.2) is 9.78 Å². The molecule has 2 aromatic rings. The first-order chi connectivity index (χ1) is 10.2. The summed E-state index contributed by atoms with van der Waals surface area (Å²) >= 11 is 0. The van der Waals surface area contributed by atoms with Gasteiger partial charge in [-0.15, -0.1) is 0 Å². The molecule has 0 saturated carbocycles. The summed E-state index contributed by atoms with van der Waals surface area (Å²) in [6, 6.07) is 9.35. The van der Waals surface area contributed by atoms with E-state index in [1.54, 1.807) is 12.1 Å². The summed E-state index contributed by atoms with van der Waals surface area (Å²) in [5.74, 6) is -0.0510. The minimum Gasteiger partial charge on any atom is -0.478 e. The fraction of sp³-hybridized carbons (Fsp3) is 0.375. The summed E-state index contributed by atoms with van der Waals surface area (Å²) in [5.41, 5.74) is 1.01. The van der Waals surface area contributed by atoms with Crippen LogP contribution in [0.5, 0.6) is 0 Å². The molecule has 1 aromatic carbocycles. The number of hydrogen-bond acceptors (Lipinski definition) is 4. The van der Waals surface area contributed by atoms with Gasteiger partial charge in [0.05, 0.1) is 11.1 Å². The number of ether oxygens (including phenoxy) is 1. The zero-order valence-corrected chi connectivity index (χ0v) is 12.0. The van der Waals surface area contributed by atoms with Crippen molar-refractivity contribution in [3.63, 3.8) is 0 Å². The number of pyridine rings is 1. The van der Waals surface area contributed by atoms with Crippen molar-refractivity contribution in [1.29, 1.82) is 0 Å². The standard InChI is InChI=1S/C16H18N2O3/c1-18(11-7-9-21-10-8-11)15-6-5-12-13(16(19)20)3-2-4-14(12)17-15/h2-6,11H,7-10H2,1H3,(H,19,20). The minimum absolute atomic E-state index is 0.292. The first-order valence-electron chi connectivity index (χ1n) is 7.10. The smallest absolute Gasteiger partial charge is 0.336 e. The quantitative estimate of drug-likeness (QED) is 0.939. The van der Waals surface area contributed by atoms with Crippen LogP contribution in [0.15, 0.2) is 30.3 Å². The molecule has 0 atom stereocenters. The molecule has 0 spiro atoms. The molecule has 3 rings (SSSR count). The van der Waals surface area contributed by atoms with E-state index in [1.807, 2.05) is 25.2 Å². The van der Waals surface area contributed by atoms with Crippen molar-refractivity contribution in [1.82, 2.24) is 4.98 Å². The molecule has 0 bridgehead atoms. The summed E-state index contributed by atoms with van der Waals surface area (Å²) in [4.78, 5) is 18.0. The van der Waals surface area contributed by atoms with E-state index in [2.05, 4.69) is 9.88 Å². The zero-order valence-electron chi connectivity index (χ0n) is 12.0. The van der Waals surface area contributed by atoms with Crippen molar-refractivity contribution in [2.24, 2.45) is 0 Å². The van der Waals surface area contributed by atoms with Gasteiger partial charge in [-0.05, 0) is 37.1 Å². The fourth-order valence-electron chi connectivity index (χ4n) is 2.79. The predicted molar refractivity (Wildman–Crippen MR) is 80.9 cm³/mol. The van der Waals surface area contributed by atoms with E-state index in [-0.39, 0.29) is 0 Å². The van der Waals surface area contributed by atoms with Crippen LogP contribution in [0.4, 0.5) is 5.82 Å². The Labute approximate surface area is 123 Å². The summed E-state index contributed by atoms with van der Waals surface area (Å²) < 4.78 is 5.39. The normalized spacial score (nSPS) is 16.0. The molecule has 1 aliphatic rings. The number of nitrogens with zero attached hydrogens (tertiary/aromatic N) is 2. The van der Waals surface area contributed by atoms with Crippen molar-refractivity contribution in [2.45, 2.75) is 18.9 Å². The third-order valence-electron chi connectivity index (χ3n) is 4.05. The van der Waals surface area contributed by atoms with Gasteiger partial charge in [-0.1, -0.05) is 6.07 Å². The Morgan fingerprint density at radius 3 is 2.76 bits per heavy atom. The number of benzene rings is 1. The molecule has 1 aliphatic heterocycles. The van der Waals surface area contributed by atoms with Crippen LogP contribution in [-0.4, -0.2) is 42.4 Å². The maximum atomic E-state index is 11.2. The van der Waals surface area contributed by atoms with E-state index in [0.717, 1.165) is 31.9 Å². The van der Waals surface area contributed by atoms with Gasteiger partial charge in [0.2, 0.25) is 0 Å². The Hall–Kier alpha value is -2.14. The zero-order chi connectivity index (χ0) is 14.8. The first-order valence-corrected chi connectivity index (χ1v) is 7.10. The number of carboxylic acid groups (broad SMARTS) is 1. The number of carbonyl (C=O) groups is 1. The summed E-state index contributed by atoms with van der Waals surface area (Å²) in [5, 5.41) is 9.89. The number of rotatable bonds is 3. The lowest BCUT2D eigenvalue weighted by Crippen LogP contribution is -2.37. The van der Waals surface area contributed by atoms with E-state index >= 15 is 0 Å². The second-order valence-electron chi connectivity index (χ2n) is 5.30. The Kier molecular flexibility index (Phi) is 3.75. The number of aromatic nitrogens is 1. The van der Waals surface area contributed by atoms with Crippen LogP contribution in [0, 0.1) is 0 Å². The molecule has 0 amide bonds. The van der Waals surface area contributed by atoms with Gasteiger partial charge >= 0.3 is 5.97 Å². The van der Waals surface area contributed by atoms with Gasteiger partial charge in [0.25, 0.3) is 0 Å². The molecule has 2 heterocycles. The second-order valence-corrected chi connectivity index (χ2v) is 5.30. The average molecular weight is 286 g/mol. The van der Waals surface area contributed by atoms with Crippen molar-refractivity contribution in [3.8, 4) is 0 Å². The highest BCUT2D eigenvalue weighted by Gasteiger charge is 2.20. The Balaban J connectivity index is 1.95. The van der Waals surface area contributed by atoms with Crippen molar-refractivity contribution >= 4 is 22.7 Å². The summed E-state index contributed by atoms with van der Waals surface area (Å²) in [7, 11) is 2.03. The number of fused-ring (bicyclic) bond motifs is 1. The largest absolute Gasteiger partial charge is 0.478 e. The lowest BCUT2D eigenvalue weighted by Gasteiger charge is -2.32. The molecule has 1 N–H and O–H groups in total. The molecule has 1 saturated heterocycles. The first kappa shape index (κ1) is 13.8. The highest BCUT2D eigenvalue weighted by atomic mass is 16.5. The molecular formula is C16H18N2O3. The van der Waals surface area contributed by atoms with Gasteiger partial charge in [0.15, 0.2) is 0 Å². The van der Waals surface area contributed by atoms with Crippen molar-refractivity contribution in [3.05, 3.63) is 35.9 Å². The Morgan fingerprint density at radius 1 is 1.29 bits per heavy atom. The third kappa shape index (κ3) is 2.69. The highest BCUT2D eigenvalue weighted by molar-refractivity contribution is 6.02.